The third-order valence-corrected chi connectivity index (χ3v) is 5.37. The van der Waals surface area contributed by atoms with Crippen molar-refractivity contribution >= 4 is 28.5 Å². The quantitative estimate of drug-likeness (QED) is 0.808. The minimum Gasteiger partial charge on any atom is -0.465 e. The summed E-state index contributed by atoms with van der Waals surface area (Å²) in [6, 6.07) is 6.61. The minimum atomic E-state index is -0.175. The van der Waals surface area contributed by atoms with E-state index in [0.29, 0.717) is 12.6 Å². The van der Waals surface area contributed by atoms with Crippen LogP contribution in [0, 0.1) is 0 Å². The molecular weight excluding hydrogens is 312 g/mol. The first kappa shape index (κ1) is 15.0. The van der Waals surface area contributed by atoms with Gasteiger partial charge in [0.15, 0.2) is 0 Å². The van der Waals surface area contributed by atoms with Crippen LogP contribution in [-0.4, -0.2) is 34.6 Å². The molecule has 23 heavy (non-hydrogen) atoms. The number of nitrogens with zero attached hydrogens (tertiary/aromatic N) is 2. The Kier molecular flexibility index (Phi) is 3.82. The van der Waals surface area contributed by atoms with Crippen LogP contribution in [0.5, 0.6) is 0 Å². The highest BCUT2D eigenvalue weighted by atomic mass is 35.5. The fraction of sp³-hybridized carbons (Fsp3) is 0.500. The highest BCUT2D eigenvalue weighted by Gasteiger charge is 2.33. The molecule has 3 heterocycles. The first-order valence-electron chi connectivity index (χ1n) is 8.36. The van der Waals surface area contributed by atoms with E-state index in [1.54, 1.807) is 0 Å². The smallest absolute Gasteiger partial charge is 0.325 e. The van der Waals surface area contributed by atoms with Crippen LogP contribution >= 0.6 is 11.6 Å². The van der Waals surface area contributed by atoms with E-state index in [0.717, 1.165) is 30.0 Å². The molecule has 0 bridgehead atoms. The van der Waals surface area contributed by atoms with Crippen LogP contribution in [0.15, 0.2) is 18.2 Å². The Labute approximate surface area is 141 Å². The molecule has 5 heteroatoms. The van der Waals surface area contributed by atoms with Crippen LogP contribution in [0.3, 0.4) is 0 Å². The van der Waals surface area contributed by atoms with Crippen LogP contribution < -0.4 is 0 Å². The largest absolute Gasteiger partial charge is 0.465 e. The molecule has 1 saturated heterocycles. The molecule has 1 unspecified atom stereocenters. The lowest BCUT2D eigenvalue weighted by Gasteiger charge is -2.30. The van der Waals surface area contributed by atoms with E-state index in [4.69, 9.17) is 16.3 Å². The van der Waals surface area contributed by atoms with Gasteiger partial charge in [-0.3, -0.25) is 9.69 Å². The number of benzene rings is 1. The second kappa shape index (κ2) is 5.84. The number of carbonyl (C=O) groups excluding carboxylic acids is 1. The average molecular weight is 333 g/mol. The number of aromatic nitrogens is 1. The number of hydrogen-bond donors (Lipinski definition) is 0. The third-order valence-electron chi connectivity index (χ3n) is 5.13. The predicted octanol–water partition coefficient (Wildman–Crippen LogP) is 3.38. The van der Waals surface area contributed by atoms with Crippen molar-refractivity contribution in [3.63, 3.8) is 0 Å². The Hall–Kier alpha value is -1.52. The zero-order valence-electron chi connectivity index (χ0n) is 13.3. The number of hydrogen-bond acceptors (Lipinski definition) is 3. The normalized spacial score (nSPS) is 20.5. The molecule has 1 aromatic heterocycles. The monoisotopic (exact) mass is 332 g/mol. The molecule has 1 atom stereocenters. The van der Waals surface area contributed by atoms with Crippen molar-refractivity contribution in [1.82, 2.24) is 9.47 Å². The number of carbonyl (C=O) groups is 1. The maximum Gasteiger partial charge on any atom is 0.325 e. The van der Waals surface area contributed by atoms with E-state index in [1.807, 2.05) is 25.1 Å². The molecule has 2 aliphatic heterocycles. The zero-order chi connectivity index (χ0) is 16.0. The SMILES string of the molecule is CCOC(=O)Cn1c2c(c3cc(Cl)ccc31)CC1CCCN1C2. The second-order valence-corrected chi connectivity index (χ2v) is 6.88. The molecule has 122 valence electrons. The molecule has 0 aliphatic carbocycles. The van der Waals surface area contributed by atoms with E-state index < -0.39 is 0 Å². The van der Waals surface area contributed by atoms with Gasteiger partial charge >= 0.3 is 5.97 Å². The minimum absolute atomic E-state index is 0.175. The molecule has 2 aliphatic rings. The van der Waals surface area contributed by atoms with Crippen molar-refractivity contribution in [3.8, 4) is 0 Å². The number of fused-ring (bicyclic) bond motifs is 4. The number of rotatable bonds is 3. The van der Waals surface area contributed by atoms with Gasteiger partial charge in [0, 0.05) is 34.2 Å². The van der Waals surface area contributed by atoms with Gasteiger partial charge in [0.05, 0.1) is 6.61 Å². The van der Waals surface area contributed by atoms with Crippen molar-refractivity contribution in [1.29, 1.82) is 0 Å². The summed E-state index contributed by atoms with van der Waals surface area (Å²) in [6.45, 7) is 4.62. The number of esters is 1. The summed E-state index contributed by atoms with van der Waals surface area (Å²) in [4.78, 5) is 14.6. The highest BCUT2D eigenvalue weighted by Crippen LogP contribution is 2.37. The van der Waals surface area contributed by atoms with Gasteiger partial charge in [-0.1, -0.05) is 11.6 Å². The third kappa shape index (κ3) is 2.54. The van der Waals surface area contributed by atoms with E-state index in [1.165, 1.54) is 29.5 Å². The molecule has 0 amide bonds. The van der Waals surface area contributed by atoms with E-state index in [-0.39, 0.29) is 12.5 Å². The fourth-order valence-corrected chi connectivity index (χ4v) is 4.31. The van der Waals surface area contributed by atoms with Gasteiger partial charge in [0.1, 0.15) is 6.54 Å². The lowest BCUT2D eigenvalue weighted by atomic mass is 9.97. The van der Waals surface area contributed by atoms with Gasteiger partial charge in [-0.05, 0) is 56.5 Å². The maximum atomic E-state index is 12.1. The van der Waals surface area contributed by atoms with Crippen LogP contribution in [0.25, 0.3) is 10.9 Å². The lowest BCUT2D eigenvalue weighted by molar-refractivity contribution is -0.143. The lowest BCUT2D eigenvalue weighted by Crippen LogP contribution is -2.36. The molecule has 1 aromatic carbocycles. The topological polar surface area (TPSA) is 34.5 Å². The van der Waals surface area contributed by atoms with Gasteiger partial charge in [-0.2, -0.15) is 0 Å². The fourth-order valence-electron chi connectivity index (χ4n) is 4.14. The molecular formula is C18H21ClN2O2. The van der Waals surface area contributed by atoms with Crippen LogP contribution in [0.4, 0.5) is 0 Å². The summed E-state index contributed by atoms with van der Waals surface area (Å²) in [7, 11) is 0. The van der Waals surface area contributed by atoms with Crippen molar-refractivity contribution < 1.29 is 9.53 Å². The van der Waals surface area contributed by atoms with Gasteiger partial charge in [-0.25, -0.2) is 0 Å². The standard InChI is InChI=1S/C18H21ClN2O2/c1-2-23-18(22)11-21-16-6-5-12(19)8-14(16)15-9-13-4-3-7-20(13)10-17(15)21/h5-6,8,13H,2-4,7,9-11H2,1H3. The summed E-state index contributed by atoms with van der Waals surface area (Å²) >= 11 is 6.23. The maximum absolute atomic E-state index is 12.1. The van der Waals surface area contributed by atoms with Gasteiger partial charge < -0.3 is 9.30 Å². The Morgan fingerprint density at radius 2 is 2.30 bits per heavy atom. The summed E-state index contributed by atoms with van der Waals surface area (Å²) in [6.07, 6.45) is 3.60. The Balaban J connectivity index is 1.83. The summed E-state index contributed by atoms with van der Waals surface area (Å²) in [5, 5.41) is 1.95. The summed E-state index contributed by atoms with van der Waals surface area (Å²) in [5.41, 5.74) is 3.72. The van der Waals surface area contributed by atoms with E-state index in [9.17, 15) is 4.79 Å². The molecule has 0 radical (unpaired) electrons. The van der Waals surface area contributed by atoms with E-state index >= 15 is 0 Å². The van der Waals surface area contributed by atoms with Crippen LogP contribution in [0.1, 0.15) is 31.0 Å². The van der Waals surface area contributed by atoms with Crippen LogP contribution in [-0.2, 0) is 29.0 Å². The molecule has 1 fully saturated rings. The predicted molar refractivity (Wildman–Crippen MR) is 90.7 cm³/mol. The number of halogens is 1. The average Bonchev–Trinajstić information content (AvgIpc) is 3.09. The van der Waals surface area contributed by atoms with Crippen molar-refractivity contribution in [2.24, 2.45) is 0 Å². The second-order valence-electron chi connectivity index (χ2n) is 6.45. The molecule has 4 nitrogen and oxygen atoms in total. The van der Waals surface area contributed by atoms with Crippen LogP contribution in [0.2, 0.25) is 5.02 Å². The molecule has 2 aromatic rings. The van der Waals surface area contributed by atoms with Crippen molar-refractivity contribution in [2.75, 3.05) is 13.2 Å². The molecule has 4 rings (SSSR count). The highest BCUT2D eigenvalue weighted by molar-refractivity contribution is 6.31. The molecule has 0 spiro atoms. The molecule has 0 saturated carbocycles. The Bertz CT molecular complexity index is 768. The van der Waals surface area contributed by atoms with E-state index in [2.05, 4.69) is 9.47 Å². The summed E-state index contributed by atoms with van der Waals surface area (Å²) < 4.78 is 7.30. The van der Waals surface area contributed by atoms with Crippen molar-refractivity contribution in [3.05, 3.63) is 34.5 Å². The number of ether oxygens (including phenoxy) is 1. The van der Waals surface area contributed by atoms with Crippen molar-refractivity contribution in [2.45, 2.75) is 45.3 Å². The van der Waals surface area contributed by atoms with Gasteiger partial charge in [0.25, 0.3) is 0 Å². The summed E-state index contributed by atoms with van der Waals surface area (Å²) in [5.74, 6) is -0.175. The first-order chi connectivity index (χ1) is 11.2. The molecule has 0 N–H and O–H groups in total. The Morgan fingerprint density at radius 1 is 1.43 bits per heavy atom. The van der Waals surface area contributed by atoms with Gasteiger partial charge in [-0.15, -0.1) is 0 Å². The van der Waals surface area contributed by atoms with Gasteiger partial charge in [0.2, 0.25) is 0 Å². The first-order valence-corrected chi connectivity index (χ1v) is 8.74. The Morgan fingerprint density at radius 3 is 3.13 bits per heavy atom. The zero-order valence-corrected chi connectivity index (χ0v) is 14.1.